The Morgan fingerprint density at radius 3 is 2.70 bits per heavy atom. The predicted molar refractivity (Wildman–Crippen MR) is 94.5 cm³/mol. The minimum atomic E-state index is -0.124. The van der Waals surface area contributed by atoms with Gasteiger partial charge in [-0.25, -0.2) is 4.98 Å². The Morgan fingerprint density at radius 1 is 1.39 bits per heavy atom. The van der Waals surface area contributed by atoms with Crippen molar-refractivity contribution in [1.29, 1.82) is 5.26 Å². The van der Waals surface area contributed by atoms with Crippen LogP contribution in [-0.2, 0) is 7.05 Å². The number of rotatable bonds is 1. The van der Waals surface area contributed by atoms with Gasteiger partial charge in [0.2, 0.25) is 0 Å². The van der Waals surface area contributed by atoms with Gasteiger partial charge in [-0.1, -0.05) is 0 Å². The van der Waals surface area contributed by atoms with Crippen molar-refractivity contribution in [2.45, 2.75) is 25.4 Å². The average molecular weight is 421 g/mol. The van der Waals surface area contributed by atoms with Gasteiger partial charge in [0.15, 0.2) is 11.6 Å². The molecule has 1 aliphatic heterocycles. The van der Waals surface area contributed by atoms with E-state index in [9.17, 15) is 5.26 Å². The highest BCUT2D eigenvalue weighted by Gasteiger charge is 2.51. The highest BCUT2D eigenvalue weighted by atomic mass is 127. The summed E-state index contributed by atoms with van der Waals surface area (Å²) in [6.45, 7) is 2.77. The van der Waals surface area contributed by atoms with Crippen molar-refractivity contribution in [2.75, 3.05) is 18.5 Å². The van der Waals surface area contributed by atoms with E-state index in [1.807, 2.05) is 21.0 Å². The molecule has 0 amide bonds. The smallest absolute Gasteiger partial charge is 0.181 e. The lowest BCUT2D eigenvalue weighted by molar-refractivity contribution is 0.172. The molecule has 7 heteroatoms. The van der Waals surface area contributed by atoms with Crippen LogP contribution in [0.1, 0.15) is 24.1 Å². The summed E-state index contributed by atoms with van der Waals surface area (Å²) in [6, 6.07) is 2.36. The van der Waals surface area contributed by atoms with Crippen LogP contribution in [0.25, 0.3) is 11.3 Å². The van der Waals surface area contributed by atoms with E-state index in [-0.39, 0.29) is 5.60 Å². The fourth-order valence-corrected chi connectivity index (χ4v) is 4.01. The second kappa shape index (κ2) is 4.84. The molecule has 0 bridgehead atoms. The zero-order valence-corrected chi connectivity index (χ0v) is 15.4. The first-order chi connectivity index (χ1) is 11.0. The average Bonchev–Trinajstić information content (AvgIpc) is 3.17. The van der Waals surface area contributed by atoms with Gasteiger partial charge >= 0.3 is 0 Å². The first kappa shape index (κ1) is 14.8. The molecule has 0 atom stereocenters. The number of anilines is 1. The van der Waals surface area contributed by atoms with Gasteiger partial charge in [0.1, 0.15) is 17.2 Å². The van der Waals surface area contributed by atoms with Crippen molar-refractivity contribution in [3.05, 3.63) is 21.0 Å². The molecule has 1 spiro atoms. The van der Waals surface area contributed by atoms with Crippen molar-refractivity contribution < 1.29 is 4.74 Å². The second-order valence-corrected chi connectivity index (χ2v) is 7.48. The molecule has 2 aromatic rings. The Hall–Kier alpha value is -1.82. The Bertz CT molecular complexity index is 843. The van der Waals surface area contributed by atoms with Crippen LogP contribution in [-0.4, -0.2) is 34.0 Å². The van der Waals surface area contributed by atoms with Crippen molar-refractivity contribution in [3.8, 4) is 23.1 Å². The summed E-state index contributed by atoms with van der Waals surface area (Å²) in [7, 11) is 3.90. The molecule has 4 rings (SSSR count). The van der Waals surface area contributed by atoms with E-state index in [1.165, 1.54) is 0 Å². The second-order valence-electron chi connectivity index (χ2n) is 6.32. The third-order valence-corrected chi connectivity index (χ3v) is 5.36. The van der Waals surface area contributed by atoms with E-state index in [2.05, 4.69) is 38.7 Å². The zero-order valence-electron chi connectivity index (χ0n) is 13.2. The van der Waals surface area contributed by atoms with Crippen LogP contribution in [0.5, 0.6) is 5.75 Å². The molecule has 1 aliphatic carbocycles. The summed E-state index contributed by atoms with van der Waals surface area (Å²) in [4.78, 5) is 6.85. The molecule has 0 radical (unpaired) electrons. The molecular weight excluding hydrogens is 405 g/mol. The summed E-state index contributed by atoms with van der Waals surface area (Å²) in [5.41, 5.74) is 3.00. The molecule has 0 saturated heterocycles. The van der Waals surface area contributed by atoms with E-state index in [0.29, 0.717) is 11.3 Å². The zero-order chi connectivity index (χ0) is 16.4. The van der Waals surface area contributed by atoms with E-state index in [1.54, 1.807) is 10.9 Å². The number of hydrogen-bond donors (Lipinski definition) is 0. The monoisotopic (exact) mass is 421 g/mol. The van der Waals surface area contributed by atoms with E-state index in [0.717, 1.165) is 45.7 Å². The molecule has 2 aromatic heterocycles. The number of nitrogens with zero attached hydrogens (tertiary/aromatic N) is 5. The van der Waals surface area contributed by atoms with Crippen LogP contribution >= 0.6 is 22.6 Å². The molecule has 2 aliphatic rings. The largest absolute Gasteiger partial charge is 0.480 e. The van der Waals surface area contributed by atoms with Crippen molar-refractivity contribution in [3.63, 3.8) is 0 Å². The maximum absolute atomic E-state index is 9.85. The predicted octanol–water partition coefficient (Wildman–Crippen LogP) is 2.63. The Morgan fingerprint density at radius 2 is 2.13 bits per heavy atom. The topological polar surface area (TPSA) is 67.0 Å². The van der Waals surface area contributed by atoms with Crippen molar-refractivity contribution in [1.82, 2.24) is 14.8 Å². The summed E-state index contributed by atoms with van der Waals surface area (Å²) in [6.07, 6.45) is 3.87. The van der Waals surface area contributed by atoms with Crippen LogP contribution in [0.15, 0.2) is 6.20 Å². The summed E-state index contributed by atoms with van der Waals surface area (Å²) in [5.74, 6) is 1.38. The normalized spacial score (nSPS) is 17.6. The van der Waals surface area contributed by atoms with Crippen LogP contribution in [0.3, 0.4) is 0 Å². The van der Waals surface area contributed by atoms with E-state index in [4.69, 9.17) is 9.72 Å². The van der Waals surface area contributed by atoms with Gasteiger partial charge < -0.3 is 9.64 Å². The quantitative estimate of drug-likeness (QED) is 0.663. The van der Waals surface area contributed by atoms with Crippen molar-refractivity contribution >= 4 is 28.4 Å². The van der Waals surface area contributed by atoms with Gasteiger partial charge in [-0.3, -0.25) is 4.68 Å². The van der Waals surface area contributed by atoms with E-state index >= 15 is 0 Å². The van der Waals surface area contributed by atoms with E-state index < -0.39 is 0 Å². The highest BCUT2D eigenvalue weighted by molar-refractivity contribution is 14.1. The number of likely N-dealkylation sites (N-methyl/N-ethyl adjacent to an activating group) is 1. The molecule has 118 valence electrons. The number of fused-ring (bicyclic) bond motifs is 1. The van der Waals surface area contributed by atoms with Crippen LogP contribution in [0, 0.1) is 21.8 Å². The molecule has 0 unspecified atom stereocenters. The maximum atomic E-state index is 9.85. The van der Waals surface area contributed by atoms with Crippen LogP contribution in [0.4, 0.5) is 5.82 Å². The summed E-state index contributed by atoms with van der Waals surface area (Å²) in [5, 5.41) is 14.1. The number of ether oxygens (including phenoxy) is 1. The summed E-state index contributed by atoms with van der Waals surface area (Å²) >= 11 is 2.24. The highest BCUT2D eigenvalue weighted by Crippen LogP contribution is 2.50. The Kier molecular flexibility index (Phi) is 3.10. The van der Waals surface area contributed by atoms with Crippen LogP contribution in [0.2, 0.25) is 0 Å². The fraction of sp³-hybridized carbons (Fsp3) is 0.438. The molecular formula is C16H16IN5O. The van der Waals surface area contributed by atoms with Gasteiger partial charge in [0, 0.05) is 19.7 Å². The lowest BCUT2D eigenvalue weighted by atomic mass is 10.0. The Balaban J connectivity index is 2.01. The first-order valence-corrected chi connectivity index (χ1v) is 8.56. The third-order valence-electron chi connectivity index (χ3n) is 4.57. The summed E-state index contributed by atoms with van der Waals surface area (Å²) < 4.78 is 9.02. The number of hydrogen-bond acceptors (Lipinski definition) is 5. The number of nitriles is 1. The number of aryl methyl sites for hydroxylation is 2. The SMILES string of the molecule is Cc1nc2c(c(C#N)c1-c1c(I)cnn1C)OC1(CC1)CN2C. The van der Waals surface area contributed by atoms with Gasteiger partial charge in [-0.2, -0.15) is 10.4 Å². The molecule has 6 nitrogen and oxygen atoms in total. The number of aromatic nitrogens is 3. The van der Waals surface area contributed by atoms with Gasteiger partial charge in [-0.05, 0) is 42.4 Å². The molecule has 0 N–H and O–H groups in total. The van der Waals surface area contributed by atoms with Crippen LogP contribution < -0.4 is 9.64 Å². The van der Waals surface area contributed by atoms with Gasteiger partial charge in [0.25, 0.3) is 0 Å². The molecule has 0 aromatic carbocycles. The minimum absolute atomic E-state index is 0.124. The lowest BCUT2D eigenvalue weighted by Gasteiger charge is -2.34. The standard InChI is InChI=1S/C16H16IN5O/c1-9-12(13-11(17)7-19-22(13)3)10(6-18)14-15(20-9)21(2)8-16(23-14)4-5-16/h7H,4-5,8H2,1-3H3. The Labute approximate surface area is 148 Å². The molecule has 23 heavy (non-hydrogen) atoms. The van der Waals surface area contributed by atoms with Gasteiger partial charge in [-0.15, -0.1) is 0 Å². The number of halogens is 1. The number of pyridine rings is 1. The lowest BCUT2D eigenvalue weighted by Crippen LogP contribution is -2.40. The third kappa shape index (κ3) is 2.11. The molecule has 1 fully saturated rings. The first-order valence-electron chi connectivity index (χ1n) is 7.48. The maximum Gasteiger partial charge on any atom is 0.181 e. The fourth-order valence-electron chi connectivity index (χ4n) is 3.27. The van der Waals surface area contributed by atoms with Gasteiger partial charge in [0.05, 0.1) is 27.7 Å². The minimum Gasteiger partial charge on any atom is -0.480 e. The van der Waals surface area contributed by atoms with Crippen molar-refractivity contribution in [2.24, 2.45) is 7.05 Å². The molecule has 3 heterocycles. The molecule has 1 saturated carbocycles.